The minimum absolute atomic E-state index is 0.0170. The molecule has 1 N–H and O–H groups in total. The molecule has 0 saturated carbocycles. The van der Waals surface area contributed by atoms with Gasteiger partial charge in [0.1, 0.15) is 18.1 Å². The van der Waals surface area contributed by atoms with Crippen LogP contribution in [0.25, 0.3) is 0 Å². The van der Waals surface area contributed by atoms with Gasteiger partial charge in [-0.25, -0.2) is 5.43 Å². The first-order chi connectivity index (χ1) is 14.7. The molecule has 31 heavy (non-hydrogen) atoms. The monoisotopic (exact) mass is 421 g/mol. The highest BCUT2D eigenvalue weighted by atomic mass is 16.6. The maximum Gasteiger partial charge on any atom is 0.307 e. The van der Waals surface area contributed by atoms with Crippen molar-refractivity contribution in [2.24, 2.45) is 5.10 Å². The van der Waals surface area contributed by atoms with Crippen LogP contribution in [0.15, 0.2) is 70.2 Å². The van der Waals surface area contributed by atoms with Crippen LogP contribution < -0.4 is 10.2 Å². The van der Waals surface area contributed by atoms with Crippen molar-refractivity contribution in [2.45, 2.75) is 32.8 Å². The summed E-state index contributed by atoms with van der Waals surface area (Å²) < 4.78 is 11.2. The molecule has 0 saturated heterocycles. The third kappa shape index (κ3) is 6.02. The van der Waals surface area contributed by atoms with E-state index in [2.05, 4.69) is 31.3 Å². The highest BCUT2D eigenvalue weighted by Crippen LogP contribution is 2.24. The number of rotatable bonds is 7. The lowest BCUT2D eigenvalue weighted by molar-refractivity contribution is -0.384. The van der Waals surface area contributed by atoms with Crippen molar-refractivity contribution >= 4 is 17.8 Å². The fourth-order valence-corrected chi connectivity index (χ4v) is 2.69. The molecule has 3 rings (SSSR count). The van der Waals surface area contributed by atoms with Crippen LogP contribution >= 0.6 is 0 Å². The standard InChI is InChI=1S/C23H23N3O5/c1-23(2,3)17-6-10-19(11-7-17)30-15-20-12-13-21(31-20)22(27)25-24-14-16-4-8-18(9-5-16)26(28)29/h4-14H,15H2,1-3H3,(H,25,27)/b24-14-. The Kier molecular flexibility index (Phi) is 6.49. The normalized spacial score (nSPS) is 11.5. The van der Waals surface area contributed by atoms with Gasteiger partial charge in [-0.3, -0.25) is 14.9 Å². The molecule has 0 unspecified atom stereocenters. The van der Waals surface area contributed by atoms with Gasteiger partial charge in [-0.05, 0) is 52.9 Å². The lowest BCUT2D eigenvalue weighted by Gasteiger charge is -2.19. The van der Waals surface area contributed by atoms with Gasteiger partial charge in [-0.1, -0.05) is 32.9 Å². The van der Waals surface area contributed by atoms with Crippen LogP contribution in [0.1, 0.15) is 48.2 Å². The van der Waals surface area contributed by atoms with Gasteiger partial charge in [-0.15, -0.1) is 0 Å². The zero-order valence-corrected chi connectivity index (χ0v) is 17.5. The largest absolute Gasteiger partial charge is 0.486 e. The molecule has 0 bridgehead atoms. The Labute approximate surface area is 179 Å². The molecule has 0 fully saturated rings. The first-order valence-electron chi connectivity index (χ1n) is 9.62. The van der Waals surface area contributed by atoms with E-state index in [4.69, 9.17) is 9.15 Å². The molecule has 1 heterocycles. The molecule has 0 aliphatic rings. The summed E-state index contributed by atoms with van der Waals surface area (Å²) in [7, 11) is 0. The fraction of sp³-hybridized carbons (Fsp3) is 0.217. The van der Waals surface area contributed by atoms with E-state index in [-0.39, 0.29) is 23.5 Å². The molecule has 0 aliphatic carbocycles. The van der Waals surface area contributed by atoms with Gasteiger partial charge in [0.15, 0.2) is 5.76 Å². The topological polar surface area (TPSA) is 107 Å². The Morgan fingerprint density at radius 2 is 1.77 bits per heavy atom. The third-order valence-electron chi connectivity index (χ3n) is 4.47. The van der Waals surface area contributed by atoms with E-state index in [9.17, 15) is 14.9 Å². The van der Waals surface area contributed by atoms with Gasteiger partial charge < -0.3 is 9.15 Å². The molecule has 160 valence electrons. The van der Waals surface area contributed by atoms with E-state index in [1.807, 2.05) is 24.3 Å². The second-order valence-electron chi connectivity index (χ2n) is 7.88. The number of benzene rings is 2. The number of nitrogens with zero attached hydrogens (tertiary/aromatic N) is 2. The molecular weight excluding hydrogens is 398 g/mol. The van der Waals surface area contributed by atoms with Crippen LogP contribution in [0.3, 0.4) is 0 Å². The fourth-order valence-electron chi connectivity index (χ4n) is 2.69. The molecule has 0 spiro atoms. The highest BCUT2D eigenvalue weighted by molar-refractivity contribution is 5.92. The van der Waals surface area contributed by atoms with Crippen LogP contribution in [-0.2, 0) is 12.0 Å². The molecule has 8 nitrogen and oxygen atoms in total. The van der Waals surface area contributed by atoms with Crippen molar-refractivity contribution in [3.8, 4) is 5.75 Å². The summed E-state index contributed by atoms with van der Waals surface area (Å²) in [5.74, 6) is 0.800. The lowest BCUT2D eigenvalue weighted by atomic mass is 9.87. The predicted octanol–water partition coefficient (Wildman–Crippen LogP) is 4.83. The van der Waals surface area contributed by atoms with Crippen LogP contribution in [-0.4, -0.2) is 17.0 Å². The van der Waals surface area contributed by atoms with E-state index in [0.717, 1.165) is 0 Å². The van der Waals surface area contributed by atoms with Crippen molar-refractivity contribution in [3.05, 3.63) is 93.4 Å². The minimum Gasteiger partial charge on any atom is -0.486 e. The van der Waals surface area contributed by atoms with Crippen molar-refractivity contribution in [1.82, 2.24) is 5.43 Å². The van der Waals surface area contributed by atoms with Gasteiger partial charge in [0, 0.05) is 12.1 Å². The Balaban J connectivity index is 1.51. The number of hydrogen-bond donors (Lipinski definition) is 1. The third-order valence-corrected chi connectivity index (χ3v) is 4.47. The summed E-state index contributed by atoms with van der Waals surface area (Å²) in [5.41, 5.74) is 4.23. The Hall–Kier alpha value is -3.94. The molecule has 0 aliphatic heterocycles. The van der Waals surface area contributed by atoms with Crippen molar-refractivity contribution < 1.29 is 18.9 Å². The van der Waals surface area contributed by atoms with E-state index in [0.29, 0.717) is 17.1 Å². The average molecular weight is 421 g/mol. The quantitative estimate of drug-likeness (QED) is 0.334. The number of ether oxygens (including phenoxy) is 1. The summed E-state index contributed by atoms with van der Waals surface area (Å²) in [6, 6.07) is 16.9. The Bertz CT molecular complexity index is 1080. The van der Waals surface area contributed by atoms with Gasteiger partial charge in [0.05, 0.1) is 11.1 Å². The average Bonchev–Trinajstić information content (AvgIpc) is 3.21. The van der Waals surface area contributed by atoms with Gasteiger partial charge in [0.2, 0.25) is 0 Å². The van der Waals surface area contributed by atoms with Crippen molar-refractivity contribution in [1.29, 1.82) is 0 Å². The van der Waals surface area contributed by atoms with Gasteiger partial charge in [0.25, 0.3) is 5.69 Å². The molecule has 3 aromatic rings. The molecule has 0 atom stereocenters. The summed E-state index contributed by atoms with van der Waals surface area (Å²) in [6.07, 6.45) is 1.38. The second-order valence-corrected chi connectivity index (χ2v) is 7.88. The molecule has 0 radical (unpaired) electrons. The summed E-state index contributed by atoms with van der Waals surface area (Å²) in [4.78, 5) is 22.3. The van der Waals surface area contributed by atoms with Crippen LogP contribution in [0.2, 0.25) is 0 Å². The number of furan rings is 1. The number of hydrogen-bond acceptors (Lipinski definition) is 6. The smallest absolute Gasteiger partial charge is 0.307 e. The Morgan fingerprint density at radius 3 is 2.39 bits per heavy atom. The number of carbonyl (C=O) groups is 1. The molecule has 1 amide bonds. The highest BCUT2D eigenvalue weighted by Gasteiger charge is 2.14. The van der Waals surface area contributed by atoms with E-state index in [1.165, 1.54) is 42.1 Å². The number of carbonyl (C=O) groups excluding carboxylic acids is 1. The number of hydrazone groups is 1. The molecule has 1 aromatic heterocycles. The number of amides is 1. The molecular formula is C23H23N3O5. The minimum atomic E-state index is -0.515. The second kappa shape index (κ2) is 9.25. The van der Waals surface area contributed by atoms with Gasteiger partial charge >= 0.3 is 5.91 Å². The molecule has 8 heteroatoms. The van der Waals surface area contributed by atoms with Crippen LogP contribution in [0.4, 0.5) is 5.69 Å². The number of nitrogens with one attached hydrogen (secondary N) is 1. The zero-order chi connectivity index (χ0) is 22.4. The van der Waals surface area contributed by atoms with Crippen LogP contribution in [0, 0.1) is 10.1 Å². The van der Waals surface area contributed by atoms with E-state index in [1.54, 1.807) is 6.07 Å². The first kappa shape index (κ1) is 21.8. The summed E-state index contributed by atoms with van der Waals surface area (Å²) in [5, 5.41) is 14.5. The lowest BCUT2D eigenvalue weighted by Crippen LogP contribution is -2.16. The maximum atomic E-state index is 12.1. The maximum absolute atomic E-state index is 12.1. The number of nitro benzene ring substituents is 1. The number of nitro groups is 1. The summed E-state index contributed by atoms with van der Waals surface area (Å²) in [6.45, 7) is 6.63. The van der Waals surface area contributed by atoms with Gasteiger partial charge in [-0.2, -0.15) is 5.10 Å². The van der Waals surface area contributed by atoms with Crippen molar-refractivity contribution in [2.75, 3.05) is 0 Å². The SMILES string of the molecule is CC(C)(C)c1ccc(OCc2ccc(C(=O)N/N=C\c3ccc([N+](=O)[O-])cc3)o2)cc1. The van der Waals surface area contributed by atoms with Crippen molar-refractivity contribution in [3.63, 3.8) is 0 Å². The van der Waals surface area contributed by atoms with E-state index >= 15 is 0 Å². The Morgan fingerprint density at radius 1 is 1.10 bits per heavy atom. The molecule has 2 aromatic carbocycles. The summed E-state index contributed by atoms with van der Waals surface area (Å²) >= 11 is 0. The number of non-ortho nitro benzene ring substituents is 1. The van der Waals surface area contributed by atoms with E-state index < -0.39 is 10.8 Å². The van der Waals surface area contributed by atoms with Crippen LogP contribution in [0.5, 0.6) is 5.75 Å². The predicted molar refractivity (Wildman–Crippen MR) is 116 cm³/mol. The zero-order valence-electron chi connectivity index (χ0n) is 17.5. The first-order valence-corrected chi connectivity index (χ1v) is 9.62.